The van der Waals surface area contributed by atoms with E-state index in [2.05, 4.69) is 10.5 Å². The monoisotopic (exact) mass is 314 g/mol. The molecule has 0 saturated carbocycles. The van der Waals surface area contributed by atoms with Gasteiger partial charge < -0.3 is 14.9 Å². The Labute approximate surface area is 134 Å². The molecule has 1 unspecified atom stereocenters. The summed E-state index contributed by atoms with van der Waals surface area (Å²) in [7, 11) is 1.45. The Kier molecular flexibility index (Phi) is 5.32. The molecule has 23 heavy (non-hydrogen) atoms. The highest BCUT2D eigenvalue weighted by atomic mass is 16.5. The molecule has 2 rings (SSSR count). The fraction of sp³-hybridized carbons (Fsp3) is 0.176. The minimum absolute atomic E-state index is 0.0209. The third kappa shape index (κ3) is 4.08. The number of methoxy groups -OCH3 is 1. The molecule has 0 fully saturated rings. The molecule has 0 aliphatic rings. The van der Waals surface area contributed by atoms with Crippen molar-refractivity contribution in [3.63, 3.8) is 0 Å². The fourth-order valence-corrected chi connectivity index (χ4v) is 1.95. The van der Waals surface area contributed by atoms with Crippen LogP contribution in [0.2, 0.25) is 0 Å². The Morgan fingerprint density at radius 2 is 1.91 bits per heavy atom. The molecule has 0 aromatic heterocycles. The molecule has 6 heteroatoms. The maximum atomic E-state index is 11.9. The number of nitrogens with one attached hydrogen (secondary N) is 1. The van der Waals surface area contributed by atoms with E-state index in [4.69, 9.17) is 4.74 Å². The first-order valence-corrected chi connectivity index (χ1v) is 6.97. The molecule has 0 radical (unpaired) electrons. The highest BCUT2D eigenvalue weighted by molar-refractivity contribution is 6.00. The molecule has 0 aliphatic heterocycles. The molecule has 1 atom stereocenters. The molecular weight excluding hydrogens is 296 g/mol. The van der Waals surface area contributed by atoms with Crippen LogP contribution < -0.4 is 10.2 Å². The highest BCUT2D eigenvalue weighted by Gasteiger charge is 2.16. The van der Waals surface area contributed by atoms with Crippen LogP contribution in [0.1, 0.15) is 24.2 Å². The second-order valence-electron chi connectivity index (χ2n) is 4.87. The van der Waals surface area contributed by atoms with Crippen molar-refractivity contribution in [1.82, 2.24) is 5.43 Å². The number of phenolic OH excluding ortho intramolecular Hbond substituents is 1. The molecule has 0 heterocycles. The van der Waals surface area contributed by atoms with Gasteiger partial charge in [-0.2, -0.15) is 5.10 Å². The molecule has 0 spiro atoms. The lowest BCUT2D eigenvalue weighted by Gasteiger charge is -2.10. The van der Waals surface area contributed by atoms with Crippen LogP contribution in [-0.4, -0.2) is 28.9 Å². The van der Waals surface area contributed by atoms with Crippen molar-refractivity contribution in [2.45, 2.75) is 13.0 Å². The summed E-state index contributed by atoms with van der Waals surface area (Å²) in [6.45, 7) is 1.70. The average molecular weight is 314 g/mol. The Hall–Kier alpha value is -2.86. The number of aliphatic hydroxyl groups excluding tert-OH is 1. The van der Waals surface area contributed by atoms with Crippen molar-refractivity contribution < 1.29 is 19.7 Å². The van der Waals surface area contributed by atoms with Gasteiger partial charge in [0.25, 0.3) is 5.91 Å². The van der Waals surface area contributed by atoms with E-state index in [1.54, 1.807) is 49.4 Å². The van der Waals surface area contributed by atoms with Gasteiger partial charge in [0.05, 0.1) is 12.8 Å². The zero-order chi connectivity index (χ0) is 16.8. The van der Waals surface area contributed by atoms with Gasteiger partial charge in [-0.1, -0.05) is 30.3 Å². The predicted octanol–water partition coefficient (Wildman–Crippen LogP) is 1.97. The number of rotatable bonds is 5. The average Bonchev–Trinajstić information content (AvgIpc) is 2.59. The molecule has 2 aromatic rings. The highest BCUT2D eigenvalue weighted by Crippen LogP contribution is 2.26. The summed E-state index contributed by atoms with van der Waals surface area (Å²) in [5, 5.41) is 23.5. The number of aromatic hydroxyl groups is 1. The van der Waals surface area contributed by atoms with Crippen molar-refractivity contribution >= 4 is 11.6 Å². The number of carbonyl (C=O) groups is 1. The largest absolute Gasteiger partial charge is 0.504 e. The Bertz CT molecular complexity index is 714. The van der Waals surface area contributed by atoms with Gasteiger partial charge in [-0.05, 0) is 30.7 Å². The number of phenols is 1. The van der Waals surface area contributed by atoms with E-state index in [9.17, 15) is 15.0 Å². The minimum atomic E-state index is -1.29. The maximum Gasteiger partial charge on any atom is 0.273 e. The van der Waals surface area contributed by atoms with E-state index in [1.807, 2.05) is 0 Å². The van der Waals surface area contributed by atoms with E-state index in [0.29, 0.717) is 22.6 Å². The van der Waals surface area contributed by atoms with Crippen molar-refractivity contribution in [2.75, 3.05) is 7.11 Å². The number of ether oxygens (including phenoxy) is 1. The number of hydrogen-bond donors (Lipinski definition) is 3. The van der Waals surface area contributed by atoms with Crippen molar-refractivity contribution in [3.05, 3.63) is 59.7 Å². The van der Waals surface area contributed by atoms with Gasteiger partial charge in [0.1, 0.15) is 0 Å². The minimum Gasteiger partial charge on any atom is -0.504 e. The lowest BCUT2D eigenvalue weighted by Crippen LogP contribution is -2.26. The Balaban J connectivity index is 2.08. The third-order valence-electron chi connectivity index (χ3n) is 3.29. The molecule has 1 amide bonds. The van der Waals surface area contributed by atoms with Crippen molar-refractivity contribution in [1.29, 1.82) is 0 Å². The molecule has 6 nitrogen and oxygen atoms in total. The van der Waals surface area contributed by atoms with Crippen LogP contribution in [0.4, 0.5) is 0 Å². The van der Waals surface area contributed by atoms with Gasteiger partial charge in [0.2, 0.25) is 0 Å². The van der Waals surface area contributed by atoms with Crippen molar-refractivity contribution in [2.24, 2.45) is 5.10 Å². The number of amides is 1. The fourth-order valence-electron chi connectivity index (χ4n) is 1.95. The first kappa shape index (κ1) is 16.5. The van der Waals surface area contributed by atoms with Crippen molar-refractivity contribution in [3.8, 4) is 11.5 Å². The molecule has 2 aromatic carbocycles. The third-order valence-corrected chi connectivity index (χ3v) is 3.29. The second-order valence-corrected chi connectivity index (χ2v) is 4.87. The van der Waals surface area contributed by atoms with E-state index < -0.39 is 12.0 Å². The SMILES string of the molecule is COc1cc(C(C)=NNC(=O)C(O)c2ccccc2)ccc1O. The molecule has 120 valence electrons. The van der Waals surface area contributed by atoms with Gasteiger partial charge in [-0.15, -0.1) is 0 Å². The molecule has 0 bridgehead atoms. The van der Waals surface area contributed by atoms with Crippen LogP contribution in [0.25, 0.3) is 0 Å². The number of hydrazone groups is 1. The lowest BCUT2D eigenvalue weighted by molar-refractivity contribution is -0.129. The standard InChI is InChI=1S/C17H18N2O4/c1-11(13-8-9-14(20)15(10-13)23-2)18-19-17(22)16(21)12-6-4-3-5-7-12/h3-10,16,20-21H,1-2H3,(H,19,22). The summed E-state index contributed by atoms with van der Waals surface area (Å²) in [6, 6.07) is 13.3. The van der Waals surface area contributed by atoms with Gasteiger partial charge in [0, 0.05) is 5.56 Å². The van der Waals surface area contributed by atoms with Gasteiger partial charge in [-0.25, -0.2) is 5.43 Å². The first-order chi connectivity index (χ1) is 11.0. The summed E-state index contributed by atoms with van der Waals surface area (Å²) >= 11 is 0. The Morgan fingerprint density at radius 3 is 2.57 bits per heavy atom. The normalized spacial score (nSPS) is 12.6. The summed E-state index contributed by atoms with van der Waals surface area (Å²) in [5.74, 6) is -0.290. The van der Waals surface area contributed by atoms with Crippen LogP contribution in [0, 0.1) is 0 Å². The van der Waals surface area contributed by atoms with E-state index >= 15 is 0 Å². The molecule has 0 aliphatic carbocycles. The first-order valence-electron chi connectivity index (χ1n) is 6.97. The summed E-state index contributed by atoms with van der Waals surface area (Å²) in [5.41, 5.74) is 4.00. The van der Waals surface area contributed by atoms with Crippen LogP contribution in [-0.2, 0) is 4.79 Å². The summed E-state index contributed by atoms with van der Waals surface area (Å²) < 4.78 is 5.03. The van der Waals surface area contributed by atoms with Gasteiger partial charge >= 0.3 is 0 Å². The number of benzene rings is 2. The smallest absolute Gasteiger partial charge is 0.273 e. The second kappa shape index (κ2) is 7.42. The van der Waals surface area contributed by atoms with Gasteiger partial charge in [0.15, 0.2) is 17.6 Å². The van der Waals surface area contributed by atoms with Crippen LogP contribution in [0.5, 0.6) is 11.5 Å². The van der Waals surface area contributed by atoms with Gasteiger partial charge in [-0.3, -0.25) is 4.79 Å². The number of hydrogen-bond acceptors (Lipinski definition) is 5. The quantitative estimate of drug-likeness (QED) is 0.581. The zero-order valence-corrected chi connectivity index (χ0v) is 12.9. The topological polar surface area (TPSA) is 91.2 Å². The van der Waals surface area contributed by atoms with E-state index in [1.165, 1.54) is 13.2 Å². The maximum absolute atomic E-state index is 11.9. The predicted molar refractivity (Wildman–Crippen MR) is 86.4 cm³/mol. The number of nitrogens with zero attached hydrogens (tertiary/aromatic N) is 1. The van der Waals surface area contributed by atoms with E-state index in [-0.39, 0.29) is 5.75 Å². The number of carbonyl (C=O) groups excluding carboxylic acids is 1. The molecule has 3 N–H and O–H groups in total. The summed E-state index contributed by atoms with van der Waals surface area (Å²) in [4.78, 5) is 11.9. The van der Waals surface area contributed by atoms with Crippen LogP contribution >= 0.6 is 0 Å². The Morgan fingerprint density at radius 1 is 1.22 bits per heavy atom. The zero-order valence-electron chi connectivity index (χ0n) is 12.9. The lowest BCUT2D eigenvalue weighted by atomic mass is 10.1. The summed E-state index contributed by atoms with van der Waals surface area (Å²) in [6.07, 6.45) is -1.29. The number of aliphatic hydroxyl groups is 1. The van der Waals surface area contributed by atoms with Crippen LogP contribution in [0.15, 0.2) is 53.6 Å². The van der Waals surface area contributed by atoms with E-state index in [0.717, 1.165) is 0 Å². The van der Waals surface area contributed by atoms with Crippen LogP contribution in [0.3, 0.4) is 0 Å². The molecule has 0 saturated heterocycles. The molecular formula is C17H18N2O4.